The van der Waals surface area contributed by atoms with Crippen LogP contribution in [0.5, 0.6) is 11.8 Å². The van der Waals surface area contributed by atoms with Gasteiger partial charge in [-0.3, -0.25) is 19.0 Å². The minimum absolute atomic E-state index is 0.0138. The van der Waals surface area contributed by atoms with E-state index >= 15 is 0 Å². The molecular weight excluding hydrogens is 548 g/mol. The maximum absolute atomic E-state index is 12.0. The molecule has 0 N–H and O–H groups in total. The normalized spacial score (nSPS) is 20.2. The fraction of sp³-hybridized carbons (Fsp3) is 0.462. The topological polar surface area (TPSA) is 150 Å². The van der Waals surface area contributed by atoms with E-state index in [9.17, 15) is 14.4 Å². The van der Waals surface area contributed by atoms with Gasteiger partial charge in [-0.05, 0) is 30.5 Å². The average molecular weight is 577 g/mol. The molecule has 0 saturated carbocycles. The largest absolute Gasteiger partial charge is 0.497 e. The second kappa shape index (κ2) is 12.9. The number of aromatic nitrogens is 4. The molecule has 1 aliphatic rings. The van der Waals surface area contributed by atoms with Gasteiger partial charge in [0.25, 0.3) is 0 Å². The lowest BCUT2D eigenvalue weighted by Gasteiger charge is -2.23. The number of methoxy groups -OCH3 is 1. The molecule has 13 nitrogen and oxygen atoms in total. The Morgan fingerprint density at radius 2 is 1.80 bits per heavy atom. The lowest BCUT2D eigenvalue weighted by Crippen LogP contribution is -2.40. The van der Waals surface area contributed by atoms with E-state index in [-0.39, 0.29) is 28.9 Å². The molecule has 1 fully saturated rings. The van der Waals surface area contributed by atoms with Crippen LogP contribution in [0.15, 0.2) is 30.6 Å². The number of ether oxygens (including phenoxy) is 6. The molecule has 4 atom stereocenters. The van der Waals surface area contributed by atoms with Gasteiger partial charge in [-0.1, -0.05) is 23.7 Å². The third kappa shape index (κ3) is 6.96. The molecule has 4 rings (SSSR count). The van der Waals surface area contributed by atoms with Gasteiger partial charge in [0, 0.05) is 20.8 Å². The van der Waals surface area contributed by atoms with Crippen LogP contribution in [-0.4, -0.2) is 76.1 Å². The molecule has 1 saturated heterocycles. The van der Waals surface area contributed by atoms with E-state index in [0.29, 0.717) is 13.0 Å². The molecule has 0 radical (unpaired) electrons. The van der Waals surface area contributed by atoms with Crippen LogP contribution >= 0.6 is 11.6 Å². The number of hydrogen-bond acceptors (Lipinski definition) is 12. The van der Waals surface area contributed by atoms with Crippen LogP contribution in [0.1, 0.15) is 39.0 Å². The molecule has 40 heavy (non-hydrogen) atoms. The maximum Gasteiger partial charge on any atom is 0.319 e. The quantitative estimate of drug-likeness (QED) is 0.143. The van der Waals surface area contributed by atoms with Crippen molar-refractivity contribution in [2.75, 3.05) is 20.3 Å². The van der Waals surface area contributed by atoms with E-state index in [1.54, 1.807) is 7.11 Å². The smallest absolute Gasteiger partial charge is 0.319 e. The van der Waals surface area contributed by atoms with Crippen molar-refractivity contribution in [2.24, 2.45) is 0 Å². The molecule has 3 aromatic rings. The van der Waals surface area contributed by atoms with Gasteiger partial charge in [0.1, 0.15) is 24.0 Å². The minimum Gasteiger partial charge on any atom is -0.497 e. The van der Waals surface area contributed by atoms with Crippen molar-refractivity contribution in [1.29, 1.82) is 0 Å². The van der Waals surface area contributed by atoms with E-state index in [2.05, 4.69) is 15.0 Å². The minimum atomic E-state index is -1.11. The highest BCUT2D eigenvalue weighted by Gasteiger charge is 2.51. The summed E-state index contributed by atoms with van der Waals surface area (Å²) in [4.78, 5) is 48.2. The van der Waals surface area contributed by atoms with Crippen molar-refractivity contribution in [3.8, 4) is 11.8 Å². The molecule has 2 aromatic heterocycles. The van der Waals surface area contributed by atoms with Crippen molar-refractivity contribution < 1.29 is 42.8 Å². The van der Waals surface area contributed by atoms with Gasteiger partial charge in [-0.25, -0.2) is 4.98 Å². The van der Waals surface area contributed by atoms with Gasteiger partial charge >= 0.3 is 23.9 Å². The number of benzene rings is 1. The van der Waals surface area contributed by atoms with Crippen molar-refractivity contribution in [3.05, 3.63) is 41.3 Å². The number of rotatable bonds is 11. The highest BCUT2D eigenvalue weighted by molar-refractivity contribution is 6.33. The van der Waals surface area contributed by atoms with E-state index < -0.39 is 42.4 Å². The second-order valence-corrected chi connectivity index (χ2v) is 9.30. The van der Waals surface area contributed by atoms with Crippen LogP contribution in [0.25, 0.3) is 11.2 Å². The third-order valence-corrected chi connectivity index (χ3v) is 6.21. The molecule has 14 heteroatoms. The molecular formula is C26H29ClN4O9. The standard InChI is InChI=1S/C26H29ClN4O9/c1-14(32)37-12-19-21(38-15(2)33)22(39-16(3)34)25(40-19)31-13-28-20-23(27)29-26(30-24(20)31)36-10-6-8-17-7-5-9-18(11-17)35-4/h5,7,9,11,13,19,21-22,25H,6,8,10,12H2,1-4H3/t19-,21-,22-,25-/m1/s1. The predicted octanol–water partition coefficient (Wildman–Crippen LogP) is 2.82. The summed E-state index contributed by atoms with van der Waals surface area (Å²) in [7, 11) is 1.62. The average Bonchev–Trinajstić information content (AvgIpc) is 3.46. The molecule has 3 heterocycles. The molecule has 0 spiro atoms. The number of fused-ring (bicyclic) bond motifs is 1. The van der Waals surface area contributed by atoms with Gasteiger partial charge in [-0.2, -0.15) is 9.97 Å². The van der Waals surface area contributed by atoms with Crippen LogP contribution in [0.4, 0.5) is 0 Å². The molecule has 0 aliphatic carbocycles. The number of imidazole rings is 1. The lowest BCUT2D eigenvalue weighted by atomic mass is 10.1. The fourth-order valence-corrected chi connectivity index (χ4v) is 4.50. The fourth-order valence-electron chi connectivity index (χ4n) is 4.30. The molecule has 0 unspecified atom stereocenters. The van der Waals surface area contributed by atoms with Crippen molar-refractivity contribution >= 4 is 40.7 Å². The summed E-state index contributed by atoms with van der Waals surface area (Å²) in [5, 5.41) is 0.0431. The van der Waals surface area contributed by atoms with Crippen molar-refractivity contribution in [1.82, 2.24) is 19.5 Å². The zero-order valence-electron chi connectivity index (χ0n) is 22.4. The van der Waals surface area contributed by atoms with Crippen LogP contribution < -0.4 is 9.47 Å². The number of carbonyl (C=O) groups is 3. The Kier molecular flexibility index (Phi) is 9.38. The number of aryl methyl sites for hydroxylation is 1. The van der Waals surface area contributed by atoms with Crippen molar-refractivity contribution in [3.63, 3.8) is 0 Å². The number of halogens is 1. The SMILES string of the molecule is COc1cccc(CCCOc2nc(Cl)c3ncn([C@@H]4O[C@H](COC(C)=O)[C@@H](OC(C)=O)[C@H]4OC(C)=O)c3n2)c1. The van der Waals surface area contributed by atoms with Gasteiger partial charge in [0.15, 0.2) is 29.2 Å². The summed E-state index contributed by atoms with van der Waals surface area (Å²) < 4.78 is 34.6. The first-order valence-corrected chi connectivity index (χ1v) is 12.8. The Labute approximate surface area is 234 Å². The first-order chi connectivity index (χ1) is 19.2. The highest BCUT2D eigenvalue weighted by atomic mass is 35.5. The Hall–Kier alpha value is -3.97. The van der Waals surface area contributed by atoms with Crippen LogP contribution in [-0.2, 0) is 39.8 Å². The molecule has 0 bridgehead atoms. The Morgan fingerprint density at radius 3 is 2.50 bits per heavy atom. The van der Waals surface area contributed by atoms with E-state index in [4.69, 9.17) is 40.0 Å². The number of hydrogen-bond donors (Lipinski definition) is 0. The molecule has 214 valence electrons. The predicted molar refractivity (Wildman–Crippen MR) is 139 cm³/mol. The number of nitrogens with zero attached hydrogens (tertiary/aromatic N) is 4. The summed E-state index contributed by atoms with van der Waals surface area (Å²) >= 11 is 6.38. The third-order valence-electron chi connectivity index (χ3n) is 5.95. The number of carbonyl (C=O) groups excluding carboxylic acids is 3. The van der Waals surface area contributed by atoms with Crippen molar-refractivity contribution in [2.45, 2.75) is 58.2 Å². The lowest BCUT2D eigenvalue weighted by molar-refractivity contribution is -0.166. The van der Waals surface area contributed by atoms with Crippen LogP contribution in [0.2, 0.25) is 5.15 Å². The van der Waals surface area contributed by atoms with Gasteiger partial charge < -0.3 is 28.4 Å². The van der Waals surface area contributed by atoms with Gasteiger partial charge in [-0.15, -0.1) is 0 Å². The molecule has 1 aromatic carbocycles. The van der Waals surface area contributed by atoms with E-state index in [0.717, 1.165) is 17.7 Å². The zero-order chi connectivity index (χ0) is 28.8. The highest BCUT2D eigenvalue weighted by Crippen LogP contribution is 2.36. The monoisotopic (exact) mass is 576 g/mol. The van der Waals surface area contributed by atoms with Crippen LogP contribution in [0.3, 0.4) is 0 Å². The summed E-state index contributed by atoms with van der Waals surface area (Å²) in [6.45, 7) is 3.72. The summed E-state index contributed by atoms with van der Waals surface area (Å²) in [5.74, 6) is -1.05. The second-order valence-electron chi connectivity index (χ2n) is 8.94. The summed E-state index contributed by atoms with van der Waals surface area (Å²) in [6.07, 6.45) is -1.37. The van der Waals surface area contributed by atoms with Gasteiger partial charge in [0.05, 0.1) is 20.0 Å². The first kappa shape index (κ1) is 29.0. The number of esters is 3. The zero-order valence-corrected chi connectivity index (χ0v) is 23.1. The Bertz CT molecular complexity index is 1380. The van der Waals surface area contributed by atoms with Gasteiger partial charge in [0.2, 0.25) is 0 Å². The van der Waals surface area contributed by atoms with Crippen LogP contribution in [0, 0.1) is 0 Å². The molecule has 0 amide bonds. The summed E-state index contributed by atoms with van der Waals surface area (Å²) in [6, 6.07) is 7.77. The van der Waals surface area contributed by atoms with E-state index in [1.165, 1.54) is 31.7 Å². The maximum atomic E-state index is 12.0. The Balaban J connectivity index is 1.56. The molecule has 1 aliphatic heterocycles. The van der Waals surface area contributed by atoms with E-state index in [1.807, 2.05) is 24.3 Å². The first-order valence-electron chi connectivity index (χ1n) is 12.4. The summed E-state index contributed by atoms with van der Waals surface area (Å²) in [5.41, 5.74) is 1.58. The Morgan fingerprint density at radius 1 is 1.05 bits per heavy atom.